The van der Waals surface area contributed by atoms with Gasteiger partial charge >= 0.3 is 0 Å². The minimum Gasteiger partial charge on any atom is -0.368 e. The first-order chi connectivity index (χ1) is 15.2. The van der Waals surface area contributed by atoms with Gasteiger partial charge in [-0.2, -0.15) is 4.98 Å². The first-order valence-electron chi connectivity index (χ1n) is 11.0. The minimum absolute atomic E-state index is 0.0290. The van der Waals surface area contributed by atoms with E-state index in [0.29, 0.717) is 22.8 Å². The standard InChI is InChI=1S/C22H26FN7O/c23-18-12-15-13-26-22(28-20(15)30(21(18)31)16-4-2-1-3-5-16)27-19-7-6-17(14-25-19)29-10-8-24-9-11-29/h6-7,12-14,16,24H,1-5,8-11H2,(H,25,26,27,28). The van der Waals surface area contributed by atoms with Crippen LogP contribution in [0.15, 0.2) is 35.4 Å². The molecule has 3 aromatic heterocycles. The van der Waals surface area contributed by atoms with Gasteiger partial charge in [-0.05, 0) is 31.0 Å². The number of piperazine rings is 1. The number of nitrogens with zero attached hydrogens (tertiary/aromatic N) is 5. The Balaban J connectivity index is 1.44. The van der Waals surface area contributed by atoms with Crippen molar-refractivity contribution in [1.29, 1.82) is 0 Å². The van der Waals surface area contributed by atoms with Crippen molar-refractivity contribution in [3.8, 4) is 0 Å². The van der Waals surface area contributed by atoms with Crippen molar-refractivity contribution >= 4 is 28.5 Å². The van der Waals surface area contributed by atoms with Crippen molar-refractivity contribution in [3.05, 3.63) is 46.8 Å². The third kappa shape index (κ3) is 4.10. The number of aromatic nitrogens is 4. The Bertz CT molecular complexity index is 1120. The average Bonchev–Trinajstić information content (AvgIpc) is 2.82. The van der Waals surface area contributed by atoms with Crippen LogP contribution in [0.25, 0.3) is 11.0 Å². The first kappa shape index (κ1) is 19.9. The molecule has 2 fully saturated rings. The molecule has 162 valence electrons. The number of halogens is 1. The summed E-state index contributed by atoms with van der Waals surface area (Å²) >= 11 is 0. The Hall–Kier alpha value is -3.07. The van der Waals surface area contributed by atoms with Gasteiger partial charge in [0.2, 0.25) is 5.95 Å². The molecule has 0 bridgehead atoms. The molecule has 1 aliphatic carbocycles. The van der Waals surface area contributed by atoms with Crippen molar-refractivity contribution in [2.45, 2.75) is 38.1 Å². The van der Waals surface area contributed by atoms with Crippen molar-refractivity contribution in [3.63, 3.8) is 0 Å². The summed E-state index contributed by atoms with van der Waals surface area (Å²) in [4.78, 5) is 28.3. The Kier molecular flexibility index (Phi) is 5.50. The first-order valence-corrected chi connectivity index (χ1v) is 11.0. The van der Waals surface area contributed by atoms with E-state index in [0.717, 1.165) is 64.0 Å². The zero-order chi connectivity index (χ0) is 21.2. The lowest BCUT2D eigenvalue weighted by Crippen LogP contribution is -2.43. The Morgan fingerprint density at radius 1 is 1.06 bits per heavy atom. The molecule has 1 saturated heterocycles. The van der Waals surface area contributed by atoms with Crippen molar-refractivity contribution in [2.24, 2.45) is 0 Å². The van der Waals surface area contributed by atoms with E-state index < -0.39 is 11.4 Å². The maximum absolute atomic E-state index is 14.3. The summed E-state index contributed by atoms with van der Waals surface area (Å²) in [5.74, 6) is 0.199. The second-order valence-electron chi connectivity index (χ2n) is 8.20. The minimum atomic E-state index is -0.757. The SMILES string of the molecule is O=c1c(F)cc2cnc(Nc3ccc(N4CCNCC4)cn3)nc2n1C1CCCCC1. The highest BCUT2D eigenvalue weighted by Gasteiger charge is 2.21. The lowest BCUT2D eigenvalue weighted by Gasteiger charge is -2.29. The van der Waals surface area contributed by atoms with Crippen LogP contribution in [0.1, 0.15) is 38.1 Å². The molecule has 0 spiro atoms. The number of hydrogen-bond donors (Lipinski definition) is 2. The van der Waals surface area contributed by atoms with Crippen LogP contribution in [0.3, 0.4) is 0 Å². The van der Waals surface area contributed by atoms with E-state index in [1.165, 1.54) is 10.6 Å². The predicted octanol–water partition coefficient (Wildman–Crippen LogP) is 2.98. The molecule has 0 amide bonds. The summed E-state index contributed by atoms with van der Waals surface area (Å²) in [6, 6.07) is 5.11. The number of pyridine rings is 2. The van der Waals surface area contributed by atoms with Crippen LogP contribution in [-0.2, 0) is 0 Å². The number of nitrogens with one attached hydrogen (secondary N) is 2. The fourth-order valence-corrected chi connectivity index (χ4v) is 4.51. The van der Waals surface area contributed by atoms with Crippen molar-refractivity contribution < 1.29 is 4.39 Å². The fourth-order valence-electron chi connectivity index (χ4n) is 4.51. The maximum Gasteiger partial charge on any atom is 0.288 e. The van der Waals surface area contributed by atoms with Gasteiger partial charge in [0.05, 0.1) is 11.9 Å². The smallest absolute Gasteiger partial charge is 0.288 e. The van der Waals surface area contributed by atoms with E-state index in [-0.39, 0.29) is 6.04 Å². The van der Waals surface area contributed by atoms with Gasteiger partial charge in [0.15, 0.2) is 5.82 Å². The molecular formula is C22H26FN7O. The summed E-state index contributed by atoms with van der Waals surface area (Å²) in [5, 5.41) is 6.98. The highest BCUT2D eigenvalue weighted by molar-refractivity contribution is 5.76. The summed E-state index contributed by atoms with van der Waals surface area (Å²) in [5.41, 5.74) is 0.934. The topological polar surface area (TPSA) is 88.0 Å². The Labute approximate surface area is 179 Å². The molecule has 5 rings (SSSR count). The second kappa shape index (κ2) is 8.58. The molecule has 0 atom stereocenters. The second-order valence-corrected chi connectivity index (χ2v) is 8.20. The largest absolute Gasteiger partial charge is 0.368 e. The monoisotopic (exact) mass is 423 g/mol. The van der Waals surface area contributed by atoms with Crippen LogP contribution >= 0.6 is 0 Å². The van der Waals surface area contributed by atoms with Gasteiger partial charge in [-0.3, -0.25) is 9.36 Å². The van der Waals surface area contributed by atoms with Gasteiger partial charge in [-0.25, -0.2) is 14.4 Å². The summed E-state index contributed by atoms with van der Waals surface area (Å²) < 4.78 is 15.8. The number of rotatable bonds is 4. The number of hydrogen-bond acceptors (Lipinski definition) is 7. The highest BCUT2D eigenvalue weighted by Crippen LogP contribution is 2.29. The molecule has 3 aromatic rings. The Morgan fingerprint density at radius 3 is 2.61 bits per heavy atom. The van der Waals surface area contributed by atoms with Gasteiger partial charge in [-0.15, -0.1) is 0 Å². The molecule has 9 heteroatoms. The quantitative estimate of drug-likeness (QED) is 0.667. The molecule has 0 aromatic carbocycles. The van der Waals surface area contributed by atoms with Gasteiger partial charge in [-0.1, -0.05) is 19.3 Å². The van der Waals surface area contributed by atoms with Crippen LogP contribution in [0, 0.1) is 5.82 Å². The highest BCUT2D eigenvalue weighted by atomic mass is 19.1. The third-order valence-corrected chi connectivity index (χ3v) is 6.14. The zero-order valence-electron chi connectivity index (χ0n) is 17.4. The number of fused-ring (bicyclic) bond motifs is 1. The van der Waals surface area contributed by atoms with Gasteiger partial charge < -0.3 is 15.5 Å². The molecule has 2 N–H and O–H groups in total. The predicted molar refractivity (Wildman–Crippen MR) is 118 cm³/mol. The average molecular weight is 423 g/mol. The molecule has 1 saturated carbocycles. The maximum atomic E-state index is 14.3. The Morgan fingerprint density at radius 2 is 1.87 bits per heavy atom. The van der Waals surface area contributed by atoms with E-state index in [1.54, 1.807) is 6.20 Å². The molecule has 31 heavy (non-hydrogen) atoms. The normalized spacial score (nSPS) is 17.8. The lowest BCUT2D eigenvalue weighted by atomic mass is 9.95. The summed E-state index contributed by atoms with van der Waals surface area (Å²) in [6.07, 6.45) is 8.34. The zero-order valence-corrected chi connectivity index (χ0v) is 17.4. The molecule has 0 radical (unpaired) electrons. The van der Waals surface area contributed by atoms with Crippen LogP contribution in [0.4, 0.5) is 21.8 Å². The van der Waals surface area contributed by atoms with E-state index in [2.05, 4.69) is 30.5 Å². The third-order valence-electron chi connectivity index (χ3n) is 6.14. The van der Waals surface area contributed by atoms with E-state index in [1.807, 2.05) is 18.3 Å². The van der Waals surface area contributed by atoms with E-state index in [9.17, 15) is 9.18 Å². The van der Waals surface area contributed by atoms with Gasteiger partial charge in [0, 0.05) is 43.8 Å². The van der Waals surface area contributed by atoms with Crippen molar-refractivity contribution in [1.82, 2.24) is 24.8 Å². The van der Waals surface area contributed by atoms with Crippen LogP contribution < -0.4 is 21.1 Å². The number of anilines is 3. The lowest BCUT2D eigenvalue weighted by molar-refractivity contribution is 0.347. The molecule has 1 aliphatic heterocycles. The molecular weight excluding hydrogens is 397 g/mol. The van der Waals surface area contributed by atoms with E-state index in [4.69, 9.17) is 0 Å². The molecule has 0 unspecified atom stereocenters. The molecule has 8 nitrogen and oxygen atoms in total. The molecule has 2 aliphatic rings. The van der Waals surface area contributed by atoms with Crippen LogP contribution in [-0.4, -0.2) is 45.7 Å². The van der Waals surface area contributed by atoms with Crippen LogP contribution in [0.5, 0.6) is 0 Å². The van der Waals surface area contributed by atoms with Gasteiger partial charge in [0.1, 0.15) is 11.5 Å². The molecule has 4 heterocycles. The van der Waals surface area contributed by atoms with Gasteiger partial charge in [0.25, 0.3) is 5.56 Å². The summed E-state index contributed by atoms with van der Waals surface area (Å²) in [7, 11) is 0. The fraction of sp³-hybridized carbons (Fsp3) is 0.455. The van der Waals surface area contributed by atoms with Crippen LogP contribution in [0.2, 0.25) is 0 Å². The van der Waals surface area contributed by atoms with Crippen molar-refractivity contribution in [2.75, 3.05) is 36.4 Å². The summed E-state index contributed by atoms with van der Waals surface area (Å²) in [6.45, 7) is 3.84. The van der Waals surface area contributed by atoms with E-state index >= 15 is 0 Å².